The molecule has 1 heterocycles. The van der Waals surface area contributed by atoms with Crippen LogP contribution in [0.25, 0.3) is 0 Å². The van der Waals surface area contributed by atoms with Crippen molar-refractivity contribution >= 4 is 45.5 Å². The number of benzene rings is 1. The summed E-state index contributed by atoms with van der Waals surface area (Å²) in [6.45, 7) is 7.41. The van der Waals surface area contributed by atoms with Crippen molar-refractivity contribution in [3.05, 3.63) is 53.7 Å². The molecule has 2 rings (SSSR count). The van der Waals surface area contributed by atoms with Gasteiger partial charge in [-0.3, -0.25) is 0 Å². The number of rotatable bonds is 4. The van der Waals surface area contributed by atoms with Crippen molar-refractivity contribution in [2.75, 3.05) is 6.54 Å². The summed E-state index contributed by atoms with van der Waals surface area (Å²) in [6, 6.07) is 8.82. The molecule has 0 aliphatic rings. The monoisotopic (exact) mass is 405 g/mol. The maximum atomic E-state index is 6.26. The number of aryl methyl sites for hydroxylation is 2. The molecular weight excluding hydrogens is 389 g/mol. The lowest BCUT2D eigenvalue weighted by Gasteiger charge is -2.19. The molecule has 0 radical (unpaired) electrons. The SMILES string of the molecule is CCNC(c1ccc(I)c(Cl)c1)c1cc(C)sc1C. The molecule has 0 amide bonds. The summed E-state index contributed by atoms with van der Waals surface area (Å²) < 4.78 is 1.09. The molecule has 19 heavy (non-hydrogen) atoms. The van der Waals surface area contributed by atoms with Gasteiger partial charge in [-0.25, -0.2) is 0 Å². The largest absolute Gasteiger partial charge is 0.306 e. The highest BCUT2D eigenvalue weighted by atomic mass is 127. The molecule has 1 aromatic heterocycles. The van der Waals surface area contributed by atoms with Gasteiger partial charge in [-0.2, -0.15) is 0 Å². The van der Waals surface area contributed by atoms with Gasteiger partial charge in [-0.05, 0) is 72.3 Å². The molecule has 2 aromatic rings. The fourth-order valence-corrected chi connectivity index (χ4v) is 3.73. The number of thiophene rings is 1. The van der Waals surface area contributed by atoms with Gasteiger partial charge in [0.2, 0.25) is 0 Å². The lowest BCUT2D eigenvalue weighted by Crippen LogP contribution is -2.22. The van der Waals surface area contributed by atoms with Crippen LogP contribution < -0.4 is 5.32 Å². The highest BCUT2D eigenvalue weighted by molar-refractivity contribution is 14.1. The molecule has 102 valence electrons. The fourth-order valence-electron chi connectivity index (χ4n) is 2.24. The third-order valence-electron chi connectivity index (χ3n) is 3.08. The number of hydrogen-bond donors (Lipinski definition) is 1. The minimum absolute atomic E-state index is 0.226. The summed E-state index contributed by atoms with van der Waals surface area (Å²) in [5.41, 5.74) is 2.59. The number of hydrogen-bond acceptors (Lipinski definition) is 2. The Balaban J connectivity index is 2.44. The van der Waals surface area contributed by atoms with Crippen LogP contribution in [0.2, 0.25) is 5.02 Å². The van der Waals surface area contributed by atoms with E-state index in [-0.39, 0.29) is 6.04 Å². The third-order valence-corrected chi connectivity index (χ3v) is 5.63. The van der Waals surface area contributed by atoms with Crippen molar-refractivity contribution < 1.29 is 0 Å². The Hall–Kier alpha value is -0.100. The third kappa shape index (κ3) is 3.51. The Bertz CT molecular complexity index is 580. The fraction of sp³-hybridized carbons (Fsp3) is 0.333. The van der Waals surface area contributed by atoms with Gasteiger partial charge < -0.3 is 5.32 Å². The molecule has 0 saturated carbocycles. The molecule has 1 atom stereocenters. The van der Waals surface area contributed by atoms with E-state index in [1.54, 1.807) is 0 Å². The molecule has 4 heteroatoms. The van der Waals surface area contributed by atoms with Gasteiger partial charge >= 0.3 is 0 Å². The van der Waals surface area contributed by atoms with Gasteiger partial charge in [0.15, 0.2) is 0 Å². The van der Waals surface area contributed by atoms with Crippen LogP contribution in [-0.2, 0) is 0 Å². The van der Waals surface area contributed by atoms with Crippen LogP contribution in [0.3, 0.4) is 0 Å². The molecule has 0 bridgehead atoms. The molecule has 0 spiro atoms. The van der Waals surface area contributed by atoms with Crippen molar-refractivity contribution in [2.24, 2.45) is 0 Å². The zero-order valence-corrected chi connectivity index (χ0v) is 15.0. The number of halogens is 2. The molecule has 1 nitrogen and oxygen atoms in total. The van der Waals surface area contributed by atoms with Crippen molar-refractivity contribution in [3.63, 3.8) is 0 Å². The van der Waals surface area contributed by atoms with Gasteiger partial charge in [0.05, 0.1) is 11.1 Å². The maximum absolute atomic E-state index is 6.26. The first-order valence-electron chi connectivity index (χ1n) is 6.28. The molecule has 1 unspecified atom stereocenters. The van der Waals surface area contributed by atoms with E-state index in [4.69, 9.17) is 11.6 Å². The lowest BCUT2D eigenvalue weighted by molar-refractivity contribution is 0.630. The second-order valence-electron chi connectivity index (χ2n) is 4.53. The minimum atomic E-state index is 0.226. The lowest BCUT2D eigenvalue weighted by atomic mass is 9.99. The van der Waals surface area contributed by atoms with E-state index >= 15 is 0 Å². The van der Waals surface area contributed by atoms with Crippen molar-refractivity contribution in [1.29, 1.82) is 0 Å². The Morgan fingerprint density at radius 2 is 2.05 bits per heavy atom. The first-order valence-corrected chi connectivity index (χ1v) is 8.55. The summed E-state index contributed by atoms with van der Waals surface area (Å²) in [7, 11) is 0. The predicted octanol–water partition coefficient (Wildman–Crippen LogP) is 5.32. The van der Waals surface area contributed by atoms with Crippen LogP contribution in [0.15, 0.2) is 24.3 Å². The van der Waals surface area contributed by atoms with Crippen molar-refractivity contribution in [1.82, 2.24) is 5.32 Å². The first kappa shape index (κ1) is 15.3. The van der Waals surface area contributed by atoms with E-state index in [0.29, 0.717) is 0 Å². The second-order valence-corrected chi connectivity index (χ2v) is 7.56. The Kier molecular flexibility index (Phi) is 5.29. The van der Waals surface area contributed by atoms with E-state index in [1.807, 2.05) is 11.3 Å². The molecular formula is C15H17ClINS. The summed E-state index contributed by atoms with van der Waals surface area (Å²) in [5, 5.41) is 4.39. The van der Waals surface area contributed by atoms with Crippen LogP contribution in [-0.4, -0.2) is 6.54 Å². The zero-order valence-electron chi connectivity index (χ0n) is 11.3. The summed E-state index contributed by atoms with van der Waals surface area (Å²) in [4.78, 5) is 2.73. The van der Waals surface area contributed by atoms with Gasteiger partial charge in [0, 0.05) is 13.3 Å². The van der Waals surface area contributed by atoms with Gasteiger partial charge in [-0.15, -0.1) is 11.3 Å². The van der Waals surface area contributed by atoms with Gasteiger partial charge in [-0.1, -0.05) is 24.6 Å². The normalized spacial score (nSPS) is 12.7. The average Bonchev–Trinajstić information content (AvgIpc) is 2.69. The highest BCUT2D eigenvalue weighted by Crippen LogP contribution is 2.32. The molecule has 1 N–H and O–H groups in total. The van der Waals surface area contributed by atoms with E-state index in [1.165, 1.54) is 20.9 Å². The van der Waals surface area contributed by atoms with Gasteiger partial charge in [0.1, 0.15) is 0 Å². The van der Waals surface area contributed by atoms with E-state index in [9.17, 15) is 0 Å². The van der Waals surface area contributed by atoms with Crippen molar-refractivity contribution in [3.8, 4) is 0 Å². The number of nitrogens with one attached hydrogen (secondary N) is 1. The standard InChI is InChI=1S/C15H17ClINS/c1-4-18-15(12-7-9(2)19-10(12)3)11-5-6-14(17)13(16)8-11/h5-8,15,18H,4H2,1-3H3. The van der Waals surface area contributed by atoms with Crippen LogP contribution in [0.1, 0.15) is 33.8 Å². The smallest absolute Gasteiger partial charge is 0.0588 e. The molecule has 0 fully saturated rings. The summed E-state index contributed by atoms with van der Waals surface area (Å²) >= 11 is 10.4. The van der Waals surface area contributed by atoms with Crippen LogP contribution in [0.4, 0.5) is 0 Å². The maximum Gasteiger partial charge on any atom is 0.0588 e. The van der Waals surface area contributed by atoms with E-state index < -0.39 is 0 Å². The van der Waals surface area contributed by atoms with E-state index in [0.717, 1.165) is 15.1 Å². The predicted molar refractivity (Wildman–Crippen MR) is 93.5 cm³/mol. The Morgan fingerprint density at radius 3 is 2.58 bits per heavy atom. The molecule has 0 aliphatic heterocycles. The molecule has 0 saturated heterocycles. The quantitative estimate of drug-likeness (QED) is 0.679. The minimum Gasteiger partial charge on any atom is -0.306 e. The summed E-state index contributed by atoms with van der Waals surface area (Å²) in [5.74, 6) is 0. The average molecular weight is 406 g/mol. The van der Waals surface area contributed by atoms with Gasteiger partial charge in [0.25, 0.3) is 0 Å². The van der Waals surface area contributed by atoms with Crippen LogP contribution in [0.5, 0.6) is 0 Å². The van der Waals surface area contributed by atoms with E-state index in [2.05, 4.69) is 72.9 Å². The van der Waals surface area contributed by atoms with Crippen LogP contribution >= 0.6 is 45.5 Å². The zero-order chi connectivity index (χ0) is 14.0. The molecule has 0 aliphatic carbocycles. The van der Waals surface area contributed by atoms with Crippen molar-refractivity contribution in [2.45, 2.75) is 26.8 Å². The Morgan fingerprint density at radius 1 is 1.32 bits per heavy atom. The molecule has 1 aromatic carbocycles. The first-order chi connectivity index (χ1) is 9.02. The summed E-state index contributed by atoms with van der Waals surface area (Å²) in [6.07, 6.45) is 0. The van der Waals surface area contributed by atoms with Crippen LogP contribution in [0, 0.1) is 17.4 Å². The Labute approximate surface area is 137 Å². The highest BCUT2D eigenvalue weighted by Gasteiger charge is 2.17. The topological polar surface area (TPSA) is 12.0 Å². The second kappa shape index (κ2) is 6.57.